The van der Waals surface area contributed by atoms with Gasteiger partial charge >= 0.3 is 5.69 Å². The van der Waals surface area contributed by atoms with Crippen LogP contribution in [0.1, 0.15) is 28.4 Å². The van der Waals surface area contributed by atoms with Crippen LogP contribution in [0.25, 0.3) is 0 Å². The molecule has 2 aromatic carbocycles. The highest BCUT2D eigenvalue weighted by molar-refractivity contribution is 6.00. The number of benzene rings is 2. The van der Waals surface area contributed by atoms with E-state index in [1.165, 1.54) is 12.1 Å². The van der Waals surface area contributed by atoms with Crippen molar-refractivity contribution in [3.63, 3.8) is 0 Å². The first kappa shape index (κ1) is 19.9. The second-order valence-corrected chi connectivity index (χ2v) is 5.87. The van der Waals surface area contributed by atoms with E-state index in [0.717, 1.165) is 17.2 Å². The third-order valence-electron chi connectivity index (χ3n) is 3.87. The van der Waals surface area contributed by atoms with E-state index in [1.807, 2.05) is 32.0 Å². The van der Waals surface area contributed by atoms with Gasteiger partial charge in [0.05, 0.1) is 18.1 Å². The van der Waals surface area contributed by atoms with Crippen molar-refractivity contribution in [1.82, 2.24) is 5.32 Å². The second kappa shape index (κ2) is 8.79. The molecular weight excluding hydrogens is 350 g/mol. The highest BCUT2D eigenvalue weighted by Crippen LogP contribution is 2.28. The Morgan fingerprint density at radius 3 is 2.41 bits per heavy atom. The van der Waals surface area contributed by atoms with E-state index in [0.29, 0.717) is 5.69 Å². The zero-order chi connectivity index (χ0) is 20.0. The Labute approximate surface area is 156 Å². The molecule has 0 bridgehead atoms. The molecule has 2 aromatic rings. The lowest BCUT2D eigenvalue weighted by molar-refractivity contribution is -0.385. The van der Waals surface area contributed by atoms with E-state index < -0.39 is 10.8 Å². The molecule has 8 nitrogen and oxygen atoms in total. The zero-order valence-electron chi connectivity index (χ0n) is 15.4. The van der Waals surface area contributed by atoms with Crippen LogP contribution >= 0.6 is 0 Å². The monoisotopic (exact) mass is 371 g/mol. The first-order chi connectivity index (χ1) is 12.8. The number of carbonyl (C=O) groups is 2. The quantitative estimate of drug-likeness (QED) is 0.574. The Kier molecular flexibility index (Phi) is 6.48. The molecule has 0 aliphatic heterocycles. The maximum absolute atomic E-state index is 12.2. The fraction of sp³-hybridized carbons (Fsp3) is 0.263. The van der Waals surface area contributed by atoms with Gasteiger partial charge in [-0.25, -0.2) is 0 Å². The number of nitro benzene ring substituents is 1. The number of para-hydroxylation sites is 1. The SMILES string of the molecule is CCOc1ccc(C(=O)NCC(=O)Nc2c(C)cccc2C)cc1[N+](=O)[O-]. The van der Waals surface area contributed by atoms with Gasteiger partial charge in [0.15, 0.2) is 5.75 Å². The minimum atomic E-state index is -0.616. The molecule has 142 valence electrons. The summed E-state index contributed by atoms with van der Waals surface area (Å²) < 4.78 is 5.18. The average Bonchev–Trinajstić information content (AvgIpc) is 2.63. The summed E-state index contributed by atoms with van der Waals surface area (Å²) in [6.07, 6.45) is 0. The molecule has 0 radical (unpaired) electrons. The molecule has 0 spiro atoms. The predicted octanol–water partition coefficient (Wildman–Crippen LogP) is 2.98. The van der Waals surface area contributed by atoms with E-state index >= 15 is 0 Å². The highest BCUT2D eigenvalue weighted by atomic mass is 16.6. The smallest absolute Gasteiger partial charge is 0.311 e. The predicted molar refractivity (Wildman–Crippen MR) is 101 cm³/mol. The van der Waals surface area contributed by atoms with E-state index in [4.69, 9.17) is 4.74 Å². The van der Waals surface area contributed by atoms with Gasteiger partial charge in [0, 0.05) is 17.3 Å². The molecule has 27 heavy (non-hydrogen) atoms. The number of nitro groups is 1. The number of carbonyl (C=O) groups excluding carboxylic acids is 2. The Bertz CT molecular complexity index is 859. The van der Waals surface area contributed by atoms with Crippen molar-refractivity contribution in [3.05, 3.63) is 63.2 Å². The topological polar surface area (TPSA) is 111 Å². The van der Waals surface area contributed by atoms with Crippen LogP contribution in [0.2, 0.25) is 0 Å². The molecule has 0 fully saturated rings. The fourth-order valence-corrected chi connectivity index (χ4v) is 2.54. The van der Waals surface area contributed by atoms with Crippen molar-refractivity contribution in [2.45, 2.75) is 20.8 Å². The Morgan fingerprint density at radius 2 is 1.81 bits per heavy atom. The lowest BCUT2D eigenvalue weighted by atomic mass is 10.1. The van der Waals surface area contributed by atoms with Gasteiger partial charge < -0.3 is 15.4 Å². The van der Waals surface area contributed by atoms with Gasteiger partial charge in [0.25, 0.3) is 5.91 Å². The normalized spacial score (nSPS) is 10.2. The average molecular weight is 371 g/mol. The second-order valence-electron chi connectivity index (χ2n) is 5.87. The number of nitrogens with one attached hydrogen (secondary N) is 2. The first-order valence-corrected chi connectivity index (χ1v) is 8.39. The largest absolute Gasteiger partial charge is 0.487 e. The number of anilines is 1. The van der Waals surface area contributed by atoms with Gasteiger partial charge in [-0.15, -0.1) is 0 Å². The summed E-state index contributed by atoms with van der Waals surface area (Å²) in [4.78, 5) is 34.9. The van der Waals surface area contributed by atoms with Crippen LogP contribution in [0.5, 0.6) is 5.75 Å². The number of hydrogen-bond donors (Lipinski definition) is 2. The highest BCUT2D eigenvalue weighted by Gasteiger charge is 2.19. The Hall–Kier alpha value is -3.42. The molecule has 0 heterocycles. The van der Waals surface area contributed by atoms with Gasteiger partial charge in [-0.05, 0) is 44.0 Å². The summed E-state index contributed by atoms with van der Waals surface area (Å²) in [6, 6.07) is 9.55. The van der Waals surface area contributed by atoms with Crippen molar-refractivity contribution in [2.75, 3.05) is 18.5 Å². The molecule has 0 atom stereocenters. The maximum atomic E-state index is 12.2. The Morgan fingerprint density at radius 1 is 1.15 bits per heavy atom. The summed E-state index contributed by atoms with van der Waals surface area (Å²) in [5, 5.41) is 16.4. The van der Waals surface area contributed by atoms with Crippen LogP contribution in [-0.2, 0) is 4.79 Å². The van der Waals surface area contributed by atoms with Crippen molar-refractivity contribution in [3.8, 4) is 5.75 Å². The molecule has 0 saturated carbocycles. The number of nitrogens with zero attached hydrogens (tertiary/aromatic N) is 1. The van der Waals surface area contributed by atoms with Crippen molar-refractivity contribution >= 4 is 23.2 Å². The molecular formula is C19H21N3O5. The first-order valence-electron chi connectivity index (χ1n) is 8.39. The van der Waals surface area contributed by atoms with E-state index in [9.17, 15) is 19.7 Å². The minimum absolute atomic E-state index is 0.0741. The molecule has 0 aliphatic carbocycles. The van der Waals surface area contributed by atoms with Crippen LogP contribution in [-0.4, -0.2) is 29.9 Å². The van der Waals surface area contributed by atoms with Gasteiger partial charge in [-0.3, -0.25) is 19.7 Å². The molecule has 0 aliphatic rings. The number of hydrogen-bond acceptors (Lipinski definition) is 5. The number of amides is 2. The maximum Gasteiger partial charge on any atom is 0.311 e. The van der Waals surface area contributed by atoms with E-state index in [2.05, 4.69) is 10.6 Å². The summed E-state index contributed by atoms with van der Waals surface area (Å²) in [5.74, 6) is -0.884. The fourth-order valence-electron chi connectivity index (χ4n) is 2.54. The van der Waals surface area contributed by atoms with E-state index in [1.54, 1.807) is 6.92 Å². The van der Waals surface area contributed by atoms with Crippen LogP contribution in [0.15, 0.2) is 36.4 Å². The van der Waals surface area contributed by atoms with Gasteiger partial charge in [-0.2, -0.15) is 0 Å². The summed E-state index contributed by atoms with van der Waals surface area (Å²) in [5.41, 5.74) is 2.30. The molecule has 0 aromatic heterocycles. The van der Waals surface area contributed by atoms with Crippen molar-refractivity contribution in [2.24, 2.45) is 0 Å². The zero-order valence-corrected chi connectivity index (χ0v) is 15.4. The molecule has 2 N–H and O–H groups in total. The van der Waals surface area contributed by atoms with Crippen LogP contribution in [0.4, 0.5) is 11.4 Å². The van der Waals surface area contributed by atoms with Crippen LogP contribution in [0.3, 0.4) is 0 Å². The van der Waals surface area contributed by atoms with Crippen molar-refractivity contribution < 1.29 is 19.2 Å². The third-order valence-corrected chi connectivity index (χ3v) is 3.87. The molecule has 0 saturated heterocycles. The lowest BCUT2D eigenvalue weighted by Crippen LogP contribution is -2.33. The van der Waals surface area contributed by atoms with E-state index in [-0.39, 0.29) is 36.1 Å². The molecule has 2 rings (SSSR count). The van der Waals surface area contributed by atoms with Gasteiger partial charge in [0.2, 0.25) is 5.91 Å². The summed E-state index contributed by atoms with van der Waals surface area (Å²) >= 11 is 0. The van der Waals surface area contributed by atoms with Crippen LogP contribution < -0.4 is 15.4 Å². The molecule has 2 amide bonds. The minimum Gasteiger partial charge on any atom is -0.487 e. The standard InChI is InChI=1S/C19H21N3O5/c1-4-27-16-9-8-14(10-15(16)22(25)26)19(24)20-11-17(23)21-18-12(2)6-5-7-13(18)3/h5-10H,4,11H2,1-3H3,(H,20,24)(H,21,23). The third kappa shape index (κ3) is 5.04. The lowest BCUT2D eigenvalue weighted by Gasteiger charge is -2.12. The molecule has 0 unspecified atom stereocenters. The number of ether oxygens (including phenoxy) is 1. The summed E-state index contributed by atoms with van der Waals surface area (Å²) in [6.45, 7) is 5.47. The number of rotatable bonds is 7. The van der Waals surface area contributed by atoms with Crippen molar-refractivity contribution in [1.29, 1.82) is 0 Å². The Balaban J connectivity index is 2.04. The summed E-state index contributed by atoms with van der Waals surface area (Å²) in [7, 11) is 0. The van der Waals surface area contributed by atoms with Gasteiger partial charge in [-0.1, -0.05) is 18.2 Å². The van der Waals surface area contributed by atoms with Gasteiger partial charge in [0.1, 0.15) is 0 Å². The van der Waals surface area contributed by atoms with Crippen LogP contribution in [0, 0.1) is 24.0 Å². The molecule has 8 heteroatoms. The number of aryl methyl sites for hydroxylation is 2.